The second-order valence-corrected chi connectivity index (χ2v) is 8.74. The first-order valence-electron chi connectivity index (χ1n) is 10.7. The number of hydrogen-bond acceptors (Lipinski definition) is 6. The fourth-order valence-electron chi connectivity index (χ4n) is 3.56. The van der Waals surface area contributed by atoms with Crippen molar-refractivity contribution in [2.24, 2.45) is 0 Å². The van der Waals surface area contributed by atoms with Crippen LogP contribution >= 0.6 is 22.7 Å². The summed E-state index contributed by atoms with van der Waals surface area (Å²) in [4.78, 5) is 28.9. The summed E-state index contributed by atoms with van der Waals surface area (Å²) in [5.41, 5.74) is -0.659. The Hall–Kier alpha value is -2.45. The monoisotopic (exact) mass is 461 g/mol. The van der Waals surface area contributed by atoms with Crippen LogP contribution in [0.15, 0.2) is 46.0 Å². The van der Waals surface area contributed by atoms with Crippen LogP contribution < -0.4 is 5.43 Å². The first-order valence-corrected chi connectivity index (χ1v) is 12.4. The van der Waals surface area contributed by atoms with Gasteiger partial charge in [-0.15, -0.1) is 22.7 Å². The number of thiophene rings is 2. The molecule has 31 heavy (non-hydrogen) atoms. The molecular weight excluding hydrogens is 430 g/mol. The summed E-state index contributed by atoms with van der Waals surface area (Å²) in [6.45, 7) is 12.3. The number of amides is 1. The average Bonchev–Trinajstić information content (AvgIpc) is 3.50. The highest BCUT2D eigenvalue weighted by molar-refractivity contribution is 7.11. The van der Waals surface area contributed by atoms with Crippen LogP contribution in [0.1, 0.15) is 73.7 Å². The molecule has 6 nitrogen and oxygen atoms in total. The molecule has 0 saturated heterocycles. The van der Waals surface area contributed by atoms with Crippen LogP contribution in [0.5, 0.6) is 5.75 Å². The van der Waals surface area contributed by atoms with Gasteiger partial charge in [0.1, 0.15) is 0 Å². The Labute approximate surface area is 191 Å². The molecule has 1 aliphatic heterocycles. The van der Waals surface area contributed by atoms with E-state index in [2.05, 4.69) is 17.2 Å². The molecule has 0 saturated carbocycles. The number of carbonyl (C=O) groups excluding carboxylic acids is 1. The zero-order valence-electron chi connectivity index (χ0n) is 18.9. The van der Waals surface area contributed by atoms with Crippen molar-refractivity contribution >= 4 is 28.6 Å². The van der Waals surface area contributed by atoms with Crippen molar-refractivity contribution in [3.05, 3.63) is 66.9 Å². The average molecular weight is 462 g/mol. The van der Waals surface area contributed by atoms with Crippen LogP contribution in [0.2, 0.25) is 0 Å². The number of hydrogen-bond donors (Lipinski definition) is 1. The molecule has 0 fully saturated rings. The molecule has 168 valence electrons. The van der Waals surface area contributed by atoms with Gasteiger partial charge in [0, 0.05) is 22.3 Å². The van der Waals surface area contributed by atoms with Gasteiger partial charge in [-0.3, -0.25) is 14.3 Å². The number of carbonyl (C=O) groups is 1. The number of nitrogens with zero attached hydrogens (tertiary/aromatic N) is 3. The summed E-state index contributed by atoms with van der Waals surface area (Å²) in [7, 11) is 0. The molecule has 0 bridgehead atoms. The van der Waals surface area contributed by atoms with Gasteiger partial charge in [-0.25, -0.2) is 0 Å². The van der Waals surface area contributed by atoms with Crippen LogP contribution in [0.25, 0.3) is 0 Å². The second kappa shape index (κ2) is 11.2. The van der Waals surface area contributed by atoms with Crippen LogP contribution in [0, 0.1) is 0 Å². The van der Waals surface area contributed by atoms with E-state index >= 15 is 0 Å². The smallest absolute Gasteiger partial charge is 0.276 e. The van der Waals surface area contributed by atoms with Crippen molar-refractivity contribution in [2.75, 3.05) is 6.54 Å². The Balaban J connectivity index is 0.000000807. The van der Waals surface area contributed by atoms with Crippen molar-refractivity contribution in [1.29, 1.82) is 0 Å². The molecule has 4 heterocycles. The van der Waals surface area contributed by atoms with Gasteiger partial charge in [-0.2, -0.15) is 5.10 Å². The standard InChI is InChI=1S/C19H19N3O3S2.2C2H6/c1-11(2)21-10-12(22-17(19(21)25)18(24)13(23)9-20-22)16(14-5-3-7-26-14)15-6-4-8-27-15;2*1-2/h3-9,11-12,16,24H,10H2,1-2H3;2*1-2H3. The van der Waals surface area contributed by atoms with Crippen molar-refractivity contribution in [2.45, 2.75) is 59.5 Å². The summed E-state index contributed by atoms with van der Waals surface area (Å²) >= 11 is 3.31. The summed E-state index contributed by atoms with van der Waals surface area (Å²) in [6, 6.07) is 7.89. The number of fused-ring (bicyclic) bond motifs is 1. The van der Waals surface area contributed by atoms with E-state index in [0.717, 1.165) is 16.0 Å². The molecule has 1 atom stereocenters. The number of aromatic nitrogens is 2. The fourth-order valence-corrected chi connectivity index (χ4v) is 5.43. The minimum Gasteiger partial charge on any atom is -0.502 e. The van der Waals surface area contributed by atoms with Crippen LogP contribution in [0.4, 0.5) is 0 Å². The summed E-state index contributed by atoms with van der Waals surface area (Å²) < 4.78 is 1.54. The van der Waals surface area contributed by atoms with E-state index in [-0.39, 0.29) is 29.6 Å². The normalized spacial score (nSPS) is 15.2. The molecule has 0 aliphatic carbocycles. The first kappa shape index (κ1) is 24.8. The van der Waals surface area contributed by atoms with Gasteiger partial charge < -0.3 is 10.0 Å². The quantitative estimate of drug-likeness (QED) is 0.567. The Morgan fingerprint density at radius 3 is 2.03 bits per heavy atom. The molecular formula is C23H31N3O3S2. The van der Waals surface area contributed by atoms with E-state index in [1.54, 1.807) is 32.3 Å². The molecule has 0 radical (unpaired) electrons. The van der Waals surface area contributed by atoms with E-state index in [4.69, 9.17) is 0 Å². The van der Waals surface area contributed by atoms with E-state index in [0.29, 0.717) is 6.54 Å². The van der Waals surface area contributed by atoms with Crippen molar-refractivity contribution < 1.29 is 9.90 Å². The SMILES string of the molecule is CC.CC.CC(C)N1CC(C(c2cccs2)c2cccs2)n2ncc(=O)c(O)c2C1=O. The van der Waals surface area contributed by atoms with Gasteiger partial charge in [0.15, 0.2) is 11.4 Å². The summed E-state index contributed by atoms with van der Waals surface area (Å²) in [5.74, 6) is -0.908. The lowest BCUT2D eigenvalue weighted by Crippen LogP contribution is -2.49. The van der Waals surface area contributed by atoms with Crippen molar-refractivity contribution in [1.82, 2.24) is 14.7 Å². The maximum absolute atomic E-state index is 12.9. The van der Waals surface area contributed by atoms with Gasteiger partial charge in [0.25, 0.3) is 5.91 Å². The summed E-state index contributed by atoms with van der Waals surface area (Å²) in [6.07, 6.45) is 1.09. The number of aromatic hydroxyl groups is 1. The third-order valence-corrected chi connectivity index (χ3v) is 6.77. The molecule has 0 spiro atoms. The van der Waals surface area contributed by atoms with E-state index in [9.17, 15) is 14.7 Å². The van der Waals surface area contributed by atoms with Gasteiger partial charge in [0.05, 0.1) is 18.2 Å². The lowest BCUT2D eigenvalue weighted by atomic mass is 9.93. The molecule has 3 aromatic rings. The molecule has 0 aromatic carbocycles. The van der Waals surface area contributed by atoms with Gasteiger partial charge in [-0.1, -0.05) is 39.8 Å². The largest absolute Gasteiger partial charge is 0.502 e. The molecule has 4 rings (SSSR count). The van der Waals surface area contributed by atoms with E-state index in [1.807, 2.05) is 64.4 Å². The minimum atomic E-state index is -0.636. The zero-order valence-corrected chi connectivity index (χ0v) is 20.5. The zero-order chi connectivity index (χ0) is 23.1. The van der Waals surface area contributed by atoms with Crippen LogP contribution in [-0.2, 0) is 0 Å². The van der Waals surface area contributed by atoms with E-state index < -0.39 is 11.2 Å². The lowest BCUT2D eigenvalue weighted by molar-refractivity contribution is 0.0571. The third kappa shape index (κ3) is 4.91. The molecule has 1 unspecified atom stereocenters. The topological polar surface area (TPSA) is 75.4 Å². The van der Waals surface area contributed by atoms with E-state index in [1.165, 1.54) is 0 Å². The van der Waals surface area contributed by atoms with Gasteiger partial charge >= 0.3 is 0 Å². The molecule has 1 aliphatic rings. The Morgan fingerprint density at radius 2 is 1.58 bits per heavy atom. The summed E-state index contributed by atoms with van der Waals surface area (Å²) in [5, 5.41) is 18.7. The van der Waals surface area contributed by atoms with Crippen LogP contribution in [-0.4, -0.2) is 38.3 Å². The highest BCUT2D eigenvalue weighted by Crippen LogP contribution is 2.42. The Kier molecular flexibility index (Phi) is 9.00. The fraction of sp³-hybridized carbons (Fsp3) is 0.435. The molecule has 8 heteroatoms. The maximum atomic E-state index is 12.9. The predicted octanol–water partition coefficient (Wildman–Crippen LogP) is 5.36. The van der Waals surface area contributed by atoms with Gasteiger partial charge in [-0.05, 0) is 36.7 Å². The molecule has 1 N–H and O–H groups in total. The van der Waals surface area contributed by atoms with Gasteiger partial charge in [0.2, 0.25) is 5.43 Å². The molecule has 1 amide bonds. The van der Waals surface area contributed by atoms with Crippen molar-refractivity contribution in [3.63, 3.8) is 0 Å². The van der Waals surface area contributed by atoms with Crippen LogP contribution in [0.3, 0.4) is 0 Å². The Bertz CT molecular complexity index is 977. The second-order valence-electron chi connectivity index (χ2n) is 6.78. The predicted molar refractivity (Wildman–Crippen MR) is 129 cm³/mol. The minimum absolute atomic E-state index is 0.0208. The first-order chi connectivity index (χ1) is 15.0. The Morgan fingerprint density at radius 1 is 1.03 bits per heavy atom. The highest BCUT2D eigenvalue weighted by atomic mass is 32.1. The number of rotatable bonds is 4. The lowest BCUT2D eigenvalue weighted by Gasteiger charge is -2.40. The molecule has 3 aromatic heterocycles. The highest BCUT2D eigenvalue weighted by Gasteiger charge is 2.40. The maximum Gasteiger partial charge on any atom is 0.276 e. The third-order valence-electron chi connectivity index (χ3n) is 4.86. The van der Waals surface area contributed by atoms with Crippen molar-refractivity contribution in [3.8, 4) is 5.75 Å².